The van der Waals surface area contributed by atoms with E-state index in [0.717, 1.165) is 25.7 Å². The summed E-state index contributed by atoms with van der Waals surface area (Å²) < 4.78 is 0. The maximum Gasteiger partial charge on any atom is 0.0558 e. The molecule has 4 nitrogen and oxygen atoms in total. The average Bonchev–Trinajstić information content (AvgIpc) is 2.06. The minimum Gasteiger partial charge on any atom is -0.395 e. The molecule has 2 N–H and O–H groups in total. The predicted molar refractivity (Wildman–Crippen MR) is 73.5 cm³/mol. The first-order valence-corrected chi connectivity index (χ1v) is 5.18. The molecule has 2 aliphatic heterocycles. The van der Waals surface area contributed by atoms with Crippen LogP contribution in [0.15, 0.2) is 0 Å². The fourth-order valence-corrected chi connectivity index (χ4v) is 2.03. The zero-order chi connectivity index (χ0) is 9.10. The van der Waals surface area contributed by atoms with Gasteiger partial charge < -0.3 is 10.4 Å². The van der Waals surface area contributed by atoms with Gasteiger partial charge in [0.1, 0.15) is 0 Å². The van der Waals surface area contributed by atoms with Crippen LogP contribution in [0.1, 0.15) is 0 Å². The third-order valence-corrected chi connectivity index (χ3v) is 3.10. The third kappa shape index (κ3) is 4.92. The van der Waals surface area contributed by atoms with Gasteiger partial charge in [0.25, 0.3) is 0 Å². The number of hydrogen-bond donors (Lipinski definition) is 2. The maximum atomic E-state index is 8.79. The molecule has 7 heteroatoms. The van der Waals surface area contributed by atoms with Crippen molar-refractivity contribution in [2.24, 2.45) is 0 Å². The molecule has 0 amide bonds. The second-order valence-electron chi connectivity index (χ2n) is 3.91. The van der Waals surface area contributed by atoms with Gasteiger partial charge in [-0.3, -0.25) is 9.80 Å². The van der Waals surface area contributed by atoms with E-state index >= 15 is 0 Å². The van der Waals surface area contributed by atoms with Gasteiger partial charge in [-0.2, -0.15) is 0 Å². The van der Waals surface area contributed by atoms with Crippen molar-refractivity contribution in [1.82, 2.24) is 15.1 Å². The smallest absolute Gasteiger partial charge is 0.0558 e. The number of aliphatic hydroxyl groups is 1. The molecule has 0 unspecified atom stereocenters. The maximum absolute atomic E-state index is 8.79. The highest BCUT2D eigenvalue weighted by Gasteiger charge is 2.27. The van der Waals surface area contributed by atoms with E-state index in [4.69, 9.17) is 5.11 Å². The lowest BCUT2D eigenvalue weighted by Crippen LogP contribution is -2.61. The minimum atomic E-state index is 0. The molecule has 2 aliphatic rings. The monoisotopic (exact) mass is 293 g/mol. The molecule has 0 spiro atoms. The number of aliphatic hydroxyl groups excluding tert-OH is 1. The molecule has 2 heterocycles. The lowest BCUT2D eigenvalue weighted by atomic mass is 10.1. The van der Waals surface area contributed by atoms with E-state index in [0.29, 0.717) is 6.61 Å². The van der Waals surface area contributed by atoms with Gasteiger partial charge >= 0.3 is 0 Å². The zero-order valence-electron chi connectivity index (χ0n) is 9.30. The number of hydrogen-bond acceptors (Lipinski definition) is 4. The van der Waals surface area contributed by atoms with Crippen molar-refractivity contribution in [2.75, 3.05) is 52.4 Å². The van der Waals surface area contributed by atoms with Gasteiger partial charge in [0.2, 0.25) is 0 Å². The summed E-state index contributed by atoms with van der Waals surface area (Å²) in [7, 11) is 0. The van der Waals surface area contributed by atoms with Crippen LogP contribution in [0, 0.1) is 0 Å². The molecule has 2 rings (SSSR count). The lowest BCUT2D eigenvalue weighted by Gasteiger charge is -2.43. The molecule has 0 aromatic rings. The van der Waals surface area contributed by atoms with Gasteiger partial charge in [-0.05, 0) is 0 Å². The van der Waals surface area contributed by atoms with Gasteiger partial charge in [0.15, 0.2) is 0 Å². The number of nitrogens with one attached hydrogen (secondary N) is 1. The Labute approximate surface area is 116 Å². The van der Waals surface area contributed by atoms with E-state index in [2.05, 4.69) is 15.1 Å². The Hall–Kier alpha value is 0.710. The molecule has 0 aromatic heterocycles. The molecular weight excluding hydrogens is 272 g/mol. The van der Waals surface area contributed by atoms with Crippen LogP contribution in [0.3, 0.4) is 0 Å². The van der Waals surface area contributed by atoms with E-state index < -0.39 is 0 Å². The van der Waals surface area contributed by atoms with Gasteiger partial charge in [-0.1, -0.05) is 0 Å². The number of β-amino-alcohol motifs (C(OH)–C–C–N with tert-alkyl or cyclic N) is 1. The van der Waals surface area contributed by atoms with Gasteiger partial charge in [-0.25, -0.2) is 0 Å². The fourth-order valence-electron chi connectivity index (χ4n) is 2.03. The van der Waals surface area contributed by atoms with Crippen LogP contribution in [0.25, 0.3) is 0 Å². The van der Waals surface area contributed by atoms with Crippen molar-refractivity contribution in [2.45, 2.75) is 6.04 Å². The summed E-state index contributed by atoms with van der Waals surface area (Å²) in [6.07, 6.45) is 0. The first-order valence-electron chi connectivity index (χ1n) is 5.18. The van der Waals surface area contributed by atoms with Gasteiger partial charge in [-0.15, -0.1) is 37.2 Å². The van der Waals surface area contributed by atoms with Crippen molar-refractivity contribution in [3.8, 4) is 0 Å². The Morgan fingerprint density at radius 3 is 1.94 bits per heavy atom. The Bertz CT molecular complexity index is 164. The molecule has 0 radical (unpaired) electrons. The third-order valence-electron chi connectivity index (χ3n) is 3.10. The Balaban J connectivity index is 0. The Kier molecular flexibility index (Phi) is 11.6. The summed E-state index contributed by atoms with van der Waals surface area (Å²) in [5.41, 5.74) is 0. The van der Waals surface area contributed by atoms with E-state index in [-0.39, 0.29) is 37.2 Å². The van der Waals surface area contributed by atoms with E-state index in [1.807, 2.05) is 0 Å². The predicted octanol–water partition coefficient (Wildman–Crippen LogP) is -0.166. The summed E-state index contributed by atoms with van der Waals surface area (Å²) in [6, 6.07) is 0.788. The summed E-state index contributed by atoms with van der Waals surface area (Å²) in [4.78, 5) is 4.90. The molecule has 0 aliphatic carbocycles. The fraction of sp³-hybridized carbons (Fsp3) is 1.00. The van der Waals surface area contributed by atoms with Crippen LogP contribution in [0.4, 0.5) is 0 Å². The number of rotatable bonds is 3. The van der Waals surface area contributed by atoms with Crippen molar-refractivity contribution in [1.29, 1.82) is 0 Å². The van der Waals surface area contributed by atoms with Crippen LogP contribution in [0.2, 0.25) is 0 Å². The Morgan fingerprint density at radius 2 is 1.56 bits per heavy atom. The van der Waals surface area contributed by atoms with Gasteiger partial charge in [0.05, 0.1) is 6.61 Å². The topological polar surface area (TPSA) is 38.7 Å². The highest BCUT2D eigenvalue weighted by Crippen LogP contribution is 2.08. The minimum absolute atomic E-state index is 0. The van der Waals surface area contributed by atoms with Crippen molar-refractivity contribution in [3.05, 3.63) is 0 Å². The molecule has 2 fully saturated rings. The molecule has 0 bridgehead atoms. The number of piperazine rings is 1. The van der Waals surface area contributed by atoms with Gasteiger partial charge in [0, 0.05) is 51.9 Å². The second kappa shape index (κ2) is 9.71. The van der Waals surface area contributed by atoms with Crippen LogP contribution in [-0.2, 0) is 0 Å². The molecule has 0 saturated carbocycles. The molecule has 100 valence electrons. The first kappa shape index (κ1) is 19.1. The van der Waals surface area contributed by atoms with Crippen molar-refractivity contribution in [3.63, 3.8) is 0 Å². The highest BCUT2D eigenvalue weighted by atomic mass is 35.5. The molecule has 16 heavy (non-hydrogen) atoms. The lowest BCUT2D eigenvalue weighted by molar-refractivity contribution is 0.0644. The Morgan fingerprint density at radius 1 is 1.00 bits per heavy atom. The number of halogens is 3. The summed E-state index contributed by atoms with van der Waals surface area (Å²) in [5.74, 6) is 0. The molecule has 0 aromatic carbocycles. The first-order chi connectivity index (χ1) is 6.40. The summed E-state index contributed by atoms with van der Waals surface area (Å²) in [5, 5.41) is 12.1. The second-order valence-corrected chi connectivity index (χ2v) is 3.91. The van der Waals surface area contributed by atoms with Crippen molar-refractivity contribution >= 4 is 37.2 Å². The summed E-state index contributed by atoms with van der Waals surface area (Å²) in [6.45, 7) is 8.06. The molecule has 2 saturated heterocycles. The summed E-state index contributed by atoms with van der Waals surface area (Å²) >= 11 is 0. The van der Waals surface area contributed by atoms with E-state index in [9.17, 15) is 0 Å². The standard InChI is InChI=1S/C9H19N3O.3ClH/c13-6-5-11-1-3-12(4-2-11)9-7-10-8-9;;;/h9-10,13H,1-8H2;3*1H. The molecule has 0 atom stereocenters. The average molecular weight is 295 g/mol. The van der Waals surface area contributed by atoms with Crippen LogP contribution >= 0.6 is 37.2 Å². The quantitative estimate of drug-likeness (QED) is 0.758. The SMILES string of the molecule is Cl.Cl.Cl.OCCN1CCN(C2CNC2)CC1. The van der Waals surface area contributed by atoms with Crippen molar-refractivity contribution < 1.29 is 5.11 Å². The van der Waals surface area contributed by atoms with E-state index in [1.165, 1.54) is 26.2 Å². The zero-order valence-corrected chi connectivity index (χ0v) is 11.8. The van der Waals surface area contributed by atoms with Crippen LogP contribution in [-0.4, -0.2) is 73.4 Å². The molecular formula is C9H22Cl3N3O. The highest BCUT2D eigenvalue weighted by molar-refractivity contribution is 5.86. The van der Waals surface area contributed by atoms with Crippen LogP contribution in [0.5, 0.6) is 0 Å². The number of nitrogens with zero attached hydrogens (tertiary/aromatic N) is 2. The normalized spacial score (nSPS) is 22.3. The van der Waals surface area contributed by atoms with E-state index in [1.54, 1.807) is 0 Å². The largest absolute Gasteiger partial charge is 0.395 e. The van der Waals surface area contributed by atoms with Crippen LogP contribution < -0.4 is 5.32 Å².